The van der Waals surface area contributed by atoms with E-state index in [0.717, 1.165) is 23.3 Å². The number of carbonyl (C=O) groups is 1. The van der Waals surface area contributed by atoms with Crippen LogP contribution in [0, 0.1) is 0 Å². The minimum atomic E-state index is -0.204. The summed E-state index contributed by atoms with van der Waals surface area (Å²) in [6.45, 7) is 4.91. The molecule has 0 aliphatic carbocycles. The first-order valence-corrected chi connectivity index (χ1v) is 8.49. The van der Waals surface area contributed by atoms with Crippen molar-refractivity contribution in [1.82, 2.24) is 15.6 Å². The van der Waals surface area contributed by atoms with Crippen LogP contribution < -0.4 is 20.1 Å². The molecular weight excluding hydrogens is 318 g/mol. The Labute approximate surface area is 147 Å². The van der Waals surface area contributed by atoms with Gasteiger partial charge >= 0.3 is 6.03 Å². The van der Waals surface area contributed by atoms with E-state index < -0.39 is 0 Å². The first kappa shape index (κ1) is 17.1. The van der Waals surface area contributed by atoms with Crippen molar-refractivity contribution in [3.8, 4) is 11.6 Å². The molecule has 1 aliphatic rings. The number of nitrogens with zero attached hydrogens (tertiary/aromatic N) is 1. The molecule has 0 radical (unpaired) electrons. The standard InChI is InChI=1S/C19H23N3O3/c1-13(2)25-18-11-14(7-9-20-18)12-21-19(23)22-16-8-10-24-17-6-4-3-5-15(16)17/h3-7,9,11,13,16H,8,10,12H2,1-2H3,(H2,21,22,23). The number of aromatic nitrogens is 1. The van der Waals surface area contributed by atoms with Crippen molar-refractivity contribution in [3.63, 3.8) is 0 Å². The molecule has 2 N–H and O–H groups in total. The lowest BCUT2D eigenvalue weighted by Gasteiger charge is -2.26. The zero-order chi connectivity index (χ0) is 17.6. The maximum absolute atomic E-state index is 12.2. The molecule has 0 fully saturated rings. The molecule has 1 unspecified atom stereocenters. The summed E-state index contributed by atoms with van der Waals surface area (Å²) in [4.78, 5) is 16.4. The minimum Gasteiger partial charge on any atom is -0.493 e. The molecule has 2 aromatic rings. The van der Waals surface area contributed by atoms with Gasteiger partial charge in [0.25, 0.3) is 0 Å². The van der Waals surface area contributed by atoms with Crippen LogP contribution in [0.5, 0.6) is 11.6 Å². The van der Waals surface area contributed by atoms with Crippen molar-refractivity contribution in [2.24, 2.45) is 0 Å². The molecule has 1 aromatic heterocycles. The van der Waals surface area contributed by atoms with Gasteiger partial charge in [-0.05, 0) is 31.5 Å². The number of pyridine rings is 1. The van der Waals surface area contributed by atoms with Gasteiger partial charge in [-0.3, -0.25) is 0 Å². The molecule has 2 heterocycles. The quantitative estimate of drug-likeness (QED) is 0.876. The Hall–Kier alpha value is -2.76. The number of hydrogen-bond donors (Lipinski definition) is 2. The zero-order valence-electron chi connectivity index (χ0n) is 14.5. The molecule has 0 bridgehead atoms. The van der Waals surface area contributed by atoms with E-state index in [1.54, 1.807) is 6.20 Å². The van der Waals surface area contributed by atoms with Crippen LogP contribution in [0.4, 0.5) is 4.79 Å². The van der Waals surface area contributed by atoms with Crippen molar-refractivity contribution in [1.29, 1.82) is 0 Å². The summed E-state index contributed by atoms with van der Waals surface area (Å²) in [6, 6.07) is 11.2. The molecule has 1 aromatic carbocycles. The molecule has 3 rings (SSSR count). The maximum Gasteiger partial charge on any atom is 0.315 e. The van der Waals surface area contributed by atoms with Gasteiger partial charge in [0.2, 0.25) is 5.88 Å². The summed E-state index contributed by atoms with van der Waals surface area (Å²) >= 11 is 0. The van der Waals surface area contributed by atoms with Crippen LogP contribution in [-0.2, 0) is 6.54 Å². The Morgan fingerprint density at radius 3 is 3.04 bits per heavy atom. The predicted octanol–water partition coefficient (Wildman–Crippen LogP) is 3.19. The Morgan fingerprint density at radius 2 is 2.20 bits per heavy atom. The van der Waals surface area contributed by atoms with Gasteiger partial charge in [0.05, 0.1) is 18.8 Å². The van der Waals surface area contributed by atoms with Crippen LogP contribution in [0.1, 0.15) is 37.4 Å². The first-order valence-electron chi connectivity index (χ1n) is 8.49. The lowest BCUT2D eigenvalue weighted by molar-refractivity contribution is 0.222. The lowest BCUT2D eigenvalue weighted by atomic mass is 10.0. The summed E-state index contributed by atoms with van der Waals surface area (Å²) in [7, 11) is 0. The first-order chi connectivity index (χ1) is 12.1. The summed E-state index contributed by atoms with van der Waals surface area (Å²) in [5.41, 5.74) is 1.95. The number of para-hydroxylation sites is 1. The van der Waals surface area contributed by atoms with Crippen molar-refractivity contribution in [3.05, 3.63) is 53.7 Å². The highest BCUT2D eigenvalue weighted by Crippen LogP contribution is 2.31. The molecule has 6 heteroatoms. The number of nitrogens with one attached hydrogen (secondary N) is 2. The van der Waals surface area contributed by atoms with Gasteiger partial charge in [0.15, 0.2) is 0 Å². The molecule has 6 nitrogen and oxygen atoms in total. The fourth-order valence-corrected chi connectivity index (χ4v) is 2.75. The highest BCUT2D eigenvalue weighted by molar-refractivity contribution is 5.74. The smallest absolute Gasteiger partial charge is 0.315 e. The molecular formula is C19H23N3O3. The largest absolute Gasteiger partial charge is 0.493 e. The molecule has 0 spiro atoms. The Kier molecular flexibility index (Phi) is 5.38. The van der Waals surface area contributed by atoms with Crippen LogP contribution in [0.25, 0.3) is 0 Å². The van der Waals surface area contributed by atoms with Gasteiger partial charge in [-0.1, -0.05) is 18.2 Å². The number of rotatable bonds is 5. The van der Waals surface area contributed by atoms with Crippen LogP contribution in [0.3, 0.4) is 0 Å². The van der Waals surface area contributed by atoms with Crippen molar-refractivity contribution in [2.45, 2.75) is 39.0 Å². The van der Waals surface area contributed by atoms with Crippen LogP contribution in [-0.4, -0.2) is 23.7 Å². The number of urea groups is 1. The van der Waals surface area contributed by atoms with E-state index in [2.05, 4.69) is 15.6 Å². The van der Waals surface area contributed by atoms with Crippen molar-refractivity contribution in [2.75, 3.05) is 6.61 Å². The highest BCUT2D eigenvalue weighted by Gasteiger charge is 2.22. The van der Waals surface area contributed by atoms with E-state index in [9.17, 15) is 4.79 Å². The van der Waals surface area contributed by atoms with Crippen molar-refractivity contribution < 1.29 is 14.3 Å². The number of hydrogen-bond acceptors (Lipinski definition) is 4. The Morgan fingerprint density at radius 1 is 1.36 bits per heavy atom. The average Bonchev–Trinajstić information content (AvgIpc) is 2.60. The monoisotopic (exact) mass is 341 g/mol. The third-order valence-electron chi connectivity index (χ3n) is 3.87. The molecule has 0 saturated heterocycles. The fraction of sp³-hybridized carbons (Fsp3) is 0.368. The van der Waals surface area contributed by atoms with E-state index in [-0.39, 0.29) is 18.2 Å². The van der Waals surface area contributed by atoms with E-state index in [0.29, 0.717) is 19.0 Å². The maximum atomic E-state index is 12.2. The number of amides is 2. The topological polar surface area (TPSA) is 72.5 Å². The van der Waals surface area contributed by atoms with Gasteiger partial charge in [-0.15, -0.1) is 0 Å². The number of carbonyl (C=O) groups excluding carboxylic acids is 1. The second kappa shape index (κ2) is 7.88. The van der Waals surface area contributed by atoms with Gasteiger partial charge in [0.1, 0.15) is 5.75 Å². The molecule has 1 aliphatic heterocycles. The highest BCUT2D eigenvalue weighted by atomic mass is 16.5. The number of benzene rings is 1. The van der Waals surface area contributed by atoms with Crippen LogP contribution in [0.2, 0.25) is 0 Å². The SMILES string of the molecule is CC(C)Oc1cc(CNC(=O)NC2CCOc3ccccc32)ccn1. The normalized spacial score (nSPS) is 15.9. The van der Waals surface area contributed by atoms with Crippen LogP contribution >= 0.6 is 0 Å². The van der Waals surface area contributed by atoms with Gasteiger partial charge in [-0.25, -0.2) is 9.78 Å². The summed E-state index contributed by atoms with van der Waals surface area (Å²) < 4.78 is 11.2. The van der Waals surface area contributed by atoms with Crippen LogP contribution in [0.15, 0.2) is 42.6 Å². The number of ether oxygens (including phenoxy) is 2. The lowest BCUT2D eigenvalue weighted by Crippen LogP contribution is -2.39. The second-order valence-electron chi connectivity index (χ2n) is 6.22. The summed E-state index contributed by atoms with van der Waals surface area (Å²) in [5, 5.41) is 5.90. The summed E-state index contributed by atoms with van der Waals surface area (Å²) in [5.74, 6) is 1.40. The molecule has 25 heavy (non-hydrogen) atoms. The molecule has 132 valence electrons. The zero-order valence-corrected chi connectivity index (χ0v) is 14.5. The molecule has 0 saturated carbocycles. The third-order valence-corrected chi connectivity index (χ3v) is 3.87. The van der Waals surface area contributed by atoms with Gasteiger partial charge in [-0.2, -0.15) is 0 Å². The molecule has 1 atom stereocenters. The number of fused-ring (bicyclic) bond motifs is 1. The minimum absolute atomic E-state index is 0.0396. The predicted molar refractivity (Wildman–Crippen MR) is 94.7 cm³/mol. The average molecular weight is 341 g/mol. The Balaban J connectivity index is 1.55. The van der Waals surface area contributed by atoms with E-state index in [4.69, 9.17) is 9.47 Å². The van der Waals surface area contributed by atoms with E-state index in [1.807, 2.05) is 50.2 Å². The van der Waals surface area contributed by atoms with Gasteiger partial charge in [0, 0.05) is 30.8 Å². The third kappa shape index (κ3) is 4.62. The summed E-state index contributed by atoms with van der Waals surface area (Å²) in [6.07, 6.45) is 2.50. The Bertz CT molecular complexity index is 733. The van der Waals surface area contributed by atoms with Gasteiger partial charge < -0.3 is 20.1 Å². The van der Waals surface area contributed by atoms with E-state index >= 15 is 0 Å². The second-order valence-corrected chi connectivity index (χ2v) is 6.22. The molecule has 2 amide bonds. The fourth-order valence-electron chi connectivity index (χ4n) is 2.75. The van der Waals surface area contributed by atoms with Crippen molar-refractivity contribution >= 4 is 6.03 Å². The van der Waals surface area contributed by atoms with E-state index in [1.165, 1.54) is 0 Å².